The zero-order valence-electron chi connectivity index (χ0n) is 20.4. The van der Waals surface area contributed by atoms with Crippen LogP contribution >= 0.6 is 0 Å². The predicted molar refractivity (Wildman–Crippen MR) is 136 cm³/mol. The van der Waals surface area contributed by atoms with Gasteiger partial charge in [-0.3, -0.25) is 14.4 Å². The number of fused-ring (bicyclic) bond motifs is 2. The van der Waals surface area contributed by atoms with Crippen molar-refractivity contribution in [3.63, 3.8) is 0 Å². The van der Waals surface area contributed by atoms with E-state index in [1.54, 1.807) is 11.9 Å². The zero-order valence-corrected chi connectivity index (χ0v) is 20.4. The molecule has 1 fully saturated rings. The molecule has 1 aliphatic carbocycles. The number of allylic oxidation sites excluding steroid dienone is 1. The molecule has 0 bridgehead atoms. The molecule has 4 rings (SSSR count). The molecule has 0 spiro atoms. The van der Waals surface area contributed by atoms with E-state index in [0.29, 0.717) is 25.1 Å². The van der Waals surface area contributed by atoms with Gasteiger partial charge in [-0.2, -0.15) is 0 Å². The fourth-order valence-corrected chi connectivity index (χ4v) is 5.75. The molecule has 1 saturated heterocycles. The molecule has 2 aromatic rings. The quantitative estimate of drug-likeness (QED) is 0.381. The fourth-order valence-electron chi connectivity index (χ4n) is 5.75. The van der Waals surface area contributed by atoms with Crippen LogP contribution in [0.15, 0.2) is 54.6 Å². The number of aliphatic hydroxyl groups excluding tert-OH is 1. The van der Waals surface area contributed by atoms with Crippen molar-refractivity contribution in [1.29, 1.82) is 0 Å². The molecule has 0 unspecified atom stereocenters. The molecule has 2 aliphatic rings. The van der Waals surface area contributed by atoms with Crippen molar-refractivity contribution in [2.24, 2.45) is 23.7 Å². The lowest BCUT2D eigenvalue weighted by Crippen LogP contribution is -2.45. The normalized spacial score (nSPS) is 25.5. The number of carbonyl (C=O) groups excluding carboxylic acids is 3. The summed E-state index contributed by atoms with van der Waals surface area (Å²) in [6, 6.07) is 13.0. The second kappa shape index (κ2) is 11.0. The highest BCUT2D eigenvalue weighted by Gasteiger charge is 2.56. The summed E-state index contributed by atoms with van der Waals surface area (Å²) in [6.07, 6.45) is 6.87. The van der Waals surface area contributed by atoms with Crippen molar-refractivity contribution in [3.8, 4) is 0 Å². The van der Waals surface area contributed by atoms with E-state index >= 15 is 0 Å². The zero-order chi connectivity index (χ0) is 24.9. The Balaban J connectivity index is 1.66. The third-order valence-corrected chi connectivity index (χ3v) is 7.38. The monoisotopic (exact) mass is 477 g/mol. The SMILES string of the molecule is CCC[C@@H]1C=C[C@H]2[C@H](C(=O)N(CCCCO)[C@@H]2C(=O)Nc2ccc3ccccc3c2)[C@@H]1C(=O)NC. The molecule has 186 valence electrons. The van der Waals surface area contributed by atoms with Crippen LogP contribution in [-0.2, 0) is 14.4 Å². The second-order valence-corrected chi connectivity index (χ2v) is 9.54. The largest absolute Gasteiger partial charge is 0.396 e. The van der Waals surface area contributed by atoms with E-state index in [9.17, 15) is 19.5 Å². The van der Waals surface area contributed by atoms with Gasteiger partial charge in [0.15, 0.2) is 0 Å². The molecule has 1 heterocycles. The molecule has 0 saturated carbocycles. The van der Waals surface area contributed by atoms with Crippen LogP contribution in [0.25, 0.3) is 10.8 Å². The van der Waals surface area contributed by atoms with E-state index in [1.165, 1.54) is 0 Å². The highest BCUT2D eigenvalue weighted by atomic mass is 16.3. The van der Waals surface area contributed by atoms with Crippen molar-refractivity contribution in [3.05, 3.63) is 54.6 Å². The van der Waals surface area contributed by atoms with Gasteiger partial charge in [0.05, 0.1) is 11.8 Å². The number of nitrogens with zero attached hydrogens (tertiary/aromatic N) is 1. The third kappa shape index (κ3) is 4.96. The maximum atomic E-state index is 13.7. The number of hydrogen-bond acceptors (Lipinski definition) is 4. The first-order chi connectivity index (χ1) is 17.0. The number of benzene rings is 2. The van der Waals surface area contributed by atoms with Gasteiger partial charge in [-0.1, -0.05) is 55.8 Å². The molecule has 3 N–H and O–H groups in total. The minimum Gasteiger partial charge on any atom is -0.396 e. The first-order valence-electron chi connectivity index (χ1n) is 12.6. The summed E-state index contributed by atoms with van der Waals surface area (Å²) in [4.78, 5) is 42.0. The van der Waals surface area contributed by atoms with Crippen LogP contribution in [0, 0.1) is 23.7 Å². The van der Waals surface area contributed by atoms with Gasteiger partial charge in [-0.25, -0.2) is 0 Å². The summed E-state index contributed by atoms with van der Waals surface area (Å²) in [7, 11) is 1.60. The topological polar surface area (TPSA) is 98.7 Å². The Hall–Kier alpha value is -3.19. The van der Waals surface area contributed by atoms with Crippen molar-refractivity contribution in [2.45, 2.75) is 38.6 Å². The number of nitrogens with one attached hydrogen (secondary N) is 2. The van der Waals surface area contributed by atoms with Crippen LogP contribution in [0.2, 0.25) is 0 Å². The Kier molecular flexibility index (Phi) is 7.86. The maximum absolute atomic E-state index is 13.7. The predicted octanol–water partition coefficient (Wildman–Crippen LogP) is 3.34. The minimum atomic E-state index is -0.705. The summed E-state index contributed by atoms with van der Waals surface area (Å²) in [6.45, 7) is 2.47. The smallest absolute Gasteiger partial charge is 0.247 e. The Morgan fingerprint density at radius 1 is 1.03 bits per heavy atom. The first kappa shape index (κ1) is 24.9. The highest BCUT2D eigenvalue weighted by Crippen LogP contribution is 2.45. The van der Waals surface area contributed by atoms with E-state index in [-0.39, 0.29) is 36.2 Å². The van der Waals surface area contributed by atoms with Crippen LogP contribution in [-0.4, -0.2) is 54.0 Å². The van der Waals surface area contributed by atoms with E-state index in [1.807, 2.05) is 54.6 Å². The van der Waals surface area contributed by atoms with Crippen LogP contribution < -0.4 is 10.6 Å². The second-order valence-electron chi connectivity index (χ2n) is 9.54. The Morgan fingerprint density at radius 2 is 1.80 bits per heavy atom. The molecule has 1 aliphatic heterocycles. The number of amides is 3. The van der Waals surface area contributed by atoms with Gasteiger partial charge in [0, 0.05) is 31.8 Å². The average Bonchev–Trinajstić information content (AvgIpc) is 3.15. The van der Waals surface area contributed by atoms with Crippen molar-refractivity contribution in [2.75, 3.05) is 25.5 Å². The lowest BCUT2D eigenvalue weighted by Gasteiger charge is -2.34. The van der Waals surface area contributed by atoms with Crippen LogP contribution in [0.1, 0.15) is 32.6 Å². The number of hydrogen-bond donors (Lipinski definition) is 3. The lowest BCUT2D eigenvalue weighted by molar-refractivity contribution is -0.140. The maximum Gasteiger partial charge on any atom is 0.247 e. The lowest BCUT2D eigenvalue weighted by atomic mass is 9.68. The Bertz CT molecular complexity index is 1110. The molecule has 7 nitrogen and oxygen atoms in total. The molecule has 3 amide bonds. The number of likely N-dealkylation sites (tertiary alicyclic amines) is 1. The number of carbonyl (C=O) groups is 3. The number of rotatable bonds is 9. The van der Waals surface area contributed by atoms with Crippen molar-refractivity contribution < 1.29 is 19.5 Å². The Labute approximate surface area is 206 Å². The van der Waals surface area contributed by atoms with Crippen molar-refractivity contribution >= 4 is 34.2 Å². The van der Waals surface area contributed by atoms with Crippen molar-refractivity contribution in [1.82, 2.24) is 10.2 Å². The summed E-state index contributed by atoms with van der Waals surface area (Å²) in [5.74, 6) is -2.04. The van der Waals surface area contributed by atoms with Gasteiger partial charge in [0.2, 0.25) is 17.7 Å². The van der Waals surface area contributed by atoms with Gasteiger partial charge < -0.3 is 20.6 Å². The van der Waals surface area contributed by atoms with Gasteiger partial charge in [-0.05, 0) is 48.1 Å². The molecular formula is C28H35N3O4. The average molecular weight is 478 g/mol. The molecule has 5 atom stereocenters. The minimum absolute atomic E-state index is 0.0299. The Morgan fingerprint density at radius 3 is 2.51 bits per heavy atom. The standard InChI is InChI=1S/C28H35N3O4/c1-3-8-19-12-14-22-24(23(19)26(33)29-2)28(35)31(15-6-7-16-32)25(22)27(34)30-21-13-11-18-9-4-5-10-20(18)17-21/h4-5,9-14,17,19,22-25,32H,3,6-8,15-16H2,1-2H3,(H,29,33)(H,30,34)/t19-,22+,23-,24+,25+/m1/s1. The first-order valence-corrected chi connectivity index (χ1v) is 12.6. The van der Waals surface area contributed by atoms with E-state index in [4.69, 9.17) is 0 Å². The third-order valence-electron chi connectivity index (χ3n) is 7.38. The number of aliphatic hydroxyl groups is 1. The van der Waals surface area contributed by atoms with Crippen LogP contribution in [0.5, 0.6) is 0 Å². The summed E-state index contributed by atoms with van der Waals surface area (Å²) in [5, 5.41) is 17.1. The van der Waals surface area contributed by atoms with Gasteiger partial charge in [0.25, 0.3) is 0 Å². The van der Waals surface area contributed by atoms with Crippen LogP contribution in [0.4, 0.5) is 5.69 Å². The van der Waals surface area contributed by atoms with Gasteiger partial charge in [0.1, 0.15) is 6.04 Å². The number of unbranched alkanes of at least 4 members (excludes halogenated alkanes) is 1. The number of anilines is 1. The summed E-state index contributed by atoms with van der Waals surface area (Å²) < 4.78 is 0. The molecule has 35 heavy (non-hydrogen) atoms. The van der Waals surface area contributed by atoms with Crippen LogP contribution in [0.3, 0.4) is 0 Å². The molecular weight excluding hydrogens is 442 g/mol. The summed E-state index contributed by atoms with van der Waals surface area (Å²) >= 11 is 0. The fraction of sp³-hybridized carbons (Fsp3) is 0.464. The molecule has 0 aromatic heterocycles. The summed E-state index contributed by atoms with van der Waals surface area (Å²) in [5.41, 5.74) is 0.673. The van der Waals surface area contributed by atoms with Gasteiger partial charge >= 0.3 is 0 Å². The van der Waals surface area contributed by atoms with E-state index < -0.39 is 17.9 Å². The molecule has 2 aromatic carbocycles. The molecule has 7 heteroatoms. The molecule has 0 radical (unpaired) electrons. The van der Waals surface area contributed by atoms with E-state index in [2.05, 4.69) is 17.6 Å². The van der Waals surface area contributed by atoms with E-state index in [0.717, 1.165) is 23.6 Å². The van der Waals surface area contributed by atoms with Gasteiger partial charge in [-0.15, -0.1) is 0 Å². The highest BCUT2D eigenvalue weighted by molar-refractivity contribution is 6.02.